The maximum atomic E-state index is 14.4. The summed E-state index contributed by atoms with van der Waals surface area (Å²) in [6.45, 7) is 9.81. The van der Waals surface area contributed by atoms with Crippen molar-refractivity contribution in [2.75, 3.05) is 19.8 Å². The number of nitrogens with zero attached hydrogens (tertiary/aromatic N) is 2. The number of hydrogen-bond acceptors (Lipinski definition) is 6. The first kappa shape index (κ1) is 26.4. The van der Waals surface area contributed by atoms with Crippen LogP contribution in [0.2, 0.25) is 0 Å². The molecule has 1 aromatic rings. The number of aliphatic hydroxyl groups excluding tert-OH is 1. The van der Waals surface area contributed by atoms with Gasteiger partial charge in [-0.1, -0.05) is 49.8 Å². The number of benzene rings is 1. The van der Waals surface area contributed by atoms with Gasteiger partial charge in [0, 0.05) is 12.6 Å². The molecule has 3 saturated heterocycles. The second-order valence-electron chi connectivity index (χ2n) is 10.1. The molecule has 7 atom stereocenters. The molecule has 0 aromatic heterocycles. The predicted molar refractivity (Wildman–Crippen MR) is 134 cm³/mol. The molecule has 3 heterocycles. The molecule has 3 fully saturated rings. The number of esters is 1. The van der Waals surface area contributed by atoms with Gasteiger partial charge in [-0.25, -0.2) is 0 Å². The van der Waals surface area contributed by atoms with Gasteiger partial charge in [-0.15, -0.1) is 6.58 Å². The van der Waals surface area contributed by atoms with Crippen molar-refractivity contribution in [2.24, 2.45) is 11.8 Å². The molecule has 196 valence electrons. The fourth-order valence-corrected chi connectivity index (χ4v) is 6.60. The van der Waals surface area contributed by atoms with E-state index in [1.165, 1.54) is 4.90 Å². The van der Waals surface area contributed by atoms with Crippen LogP contribution in [0.1, 0.15) is 58.1 Å². The van der Waals surface area contributed by atoms with Gasteiger partial charge in [0.2, 0.25) is 11.8 Å². The van der Waals surface area contributed by atoms with Gasteiger partial charge in [-0.2, -0.15) is 0 Å². The van der Waals surface area contributed by atoms with Crippen molar-refractivity contribution in [1.82, 2.24) is 9.80 Å². The van der Waals surface area contributed by atoms with Crippen LogP contribution in [0, 0.1) is 11.8 Å². The standard InChI is InChI=1S/C28H38N2O6/c1-5-11-18(4)29(16-6-2)26(33)24-28-15-14-21(36-28)22(27(34)35-7-3)23(28)25(32)30(24)20(17-31)19-12-9-8-10-13-19/h6,8-10,12-13,18,20-24,31H,2,5,7,11,14-17H2,1,3-4H3/t18?,20-,21+,22-,23+,24?,28?/m1/s1. The van der Waals surface area contributed by atoms with E-state index in [0.29, 0.717) is 19.4 Å². The van der Waals surface area contributed by atoms with E-state index in [0.717, 1.165) is 18.4 Å². The topological polar surface area (TPSA) is 96.4 Å². The van der Waals surface area contributed by atoms with Crippen LogP contribution in [0.3, 0.4) is 0 Å². The maximum Gasteiger partial charge on any atom is 0.312 e. The number of carbonyl (C=O) groups excluding carboxylic acids is 3. The number of ether oxygens (including phenoxy) is 2. The van der Waals surface area contributed by atoms with Gasteiger partial charge in [-0.3, -0.25) is 14.4 Å². The van der Waals surface area contributed by atoms with Crippen molar-refractivity contribution >= 4 is 17.8 Å². The summed E-state index contributed by atoms with van der Waals surface area (Å²) in [5, 5.41) is 10.5. The molecule has 3 aliphatic heterocycles. The van der Waals surface area contributed by atoms with E-state index in [1.54, 1.807) is 17.9 Å². The van der Waals surface area contributed by atoms with Crippen LogP contribution >= 0.6 is 0 Å². The summed E-state index contributed by atoms with van der Waals surface area (Å²) < 4.78 is 11.8. The Hall–Kier alpha value is -2.71. The largest absolute Gasteiger partial charge is 0.466 e. The number of fused-ring (bicyclic) bond motifs is 1. The summed E-state index contributed by atoms with van der Waals surface area (Å²) in [6, 6.07) is 7.43. The Balaban J connectivity index is 1.83. The van der Waals surface area contributed by atoms with Gasteiger partial charge in [-0.05, 0) is 38.7 Å². The van der Waals surface area contributed by atoms with E-state index in [1.807, 2.05) is 37.3 Å². The van der Waals surface area contributed by atoms with E-state index in [4.69, 9.17) is 9.47 Å². The van der Waals surface area contributed by atoms with Gasteiger partial charge in [0.05, 0.1) is 37.2 Å². The molecule has 3 unspecified atom stereocenters. The number of likely N-dealkylation sites (tertiary alicyclic amines) is 1. The Morgan fingerprint density at radius 1 is 1.33 bits per heavy atom. The van der Waals surface area contributed by atoms with Crippen LogP contribution < -0.4 is 0 Å². The Bertz CT molecular complexity index is 984. The van der Waals surface area contributed by atoms with Crippen LogP contribution in [-0.2, 0) is 23.9 Å². The van der Waals surface area contributed by atoms with E-state index in [-0.39, 0.29) is 31.1 Å². The second kappa shape index (κ2) is 10.7. The lowest BCUT2D eigenvalue weighted by Crippen LogP contribution is -2.58. The fourth-order valence-electron chi connectivity index (χ4n) is 6.60. The molecule has 0 saturated carbocycles. The number of aliphatic hydroxyl groups is 1. The highest BCUT2D eigenvalue weighted by Crippen LogP contribution is 2.60. The van der Waals surface area contributed by atoms with Crippen molar-refractivity contribution in [3.05, 3.63) is 48.6 Å². The lowest BCUT2D eigenvalue weighted by molar-refractivity contribution is -0.156. The van der Waals surface area contributed by atoms with E-state index < -0.39 is 41.6 Å². The Labute approximate surface area is 213 Å². The first-order valence-corrected chi connectivity index (χ1v) is 13.1. The van der Waals surface area contributed by atoms with Crippen LogP contribution in [0.5, 0.6) is 0 Å². The minimum absolute atomic E-state index is 0.0725. The zero-order valence-corrected chi connectivity index (χ0v) is 21.5. The van der Waals surface area contributed by atoms with Crippen molar-refractivity contribution in [3.63, 3.8) is 0 Å². The molecule has 1 spiro atoms. The average Bonchev–Trinajstić information content (AvgIpc) is 3.51. The zero-order chi connectivity index (χ0) is 26.0. The first-order valence-electron chi connectivity index (χ1n) is 13.1. The van der Waals surface area contributed by atoms with E-state index >= 15 is 0 Å². The molecule has 8 heteroatoms. The van der Waals surface area contributed by atoms with Gasteiger partial charge in [0.15, 0.2) is 0 Å². The number of carbonyl (C=O) groups is 3. The van der Waals surface area contributed by atoms with Crippen molar-refractivity contribution in [1.29, 1.82) is 0 Å². The lowest BCUT2D eigenvalue weighted by Gasteiger charge is -2.41. The minimum atomic E-state index is -1.14. The van der Waals surface area contributed by atoms with E-state index in [9.17, 15) is 19.5 Å². The number of rotatable bonds is 11. The third-order valence-electron chi connectivity index (χ3n) is 8.07. The highest BCUT2D eigenvalue weighted by Gasteiger charge is 2.75. The van der Waals surface area contributed by atoms with Gasteiger partial charge in [0.1, 0.15) is 11.6 Å². The molecule has 0 aliphatic carbocycles. The first-order chi connectivity index (χ1) is 17.4. The quantitative estimate of drug-likeness (QED) is 0.372. The molecule has 2 amide bonds. The minimum Gasteiger partial charge on any atom is -0.466 e. The summed E-state index contributed by atoms with van der Waals surface area (Å²) >= 11 is 0. The number of hydrogen-bond donors (Lipinski definition) is 1. The highest BCUT2D eigenvalue weighted by molar-refractivity contribution is 5.98. The molecular weight excluding hydrogens is 460 g/mol. The molecule has 1 N–H and O–H groups in total. The Morgan fingerprint density at radius 2 is 2.06 bits per heavy atom. The Morgan fingerprint density at radius 3 is 2.67 bits per heavy atom. The van der Waals surface area contributed by atoms with Gasteiger partial charge >= 0.3 is 5.97 Å². The van der Waals surface area contributed by atoms with Gasteiger partial charge in [0.25, 0.3) is 0 Å². The maximum absolute atomic E-state index is 14.4. The second-order valence-corrected chi connectivity index (χ2v) is 10.1. The summed E-state index contributed by atoms with van der Waals surface area (Å²) in [5.41, 5.74) is -0.411. The fraction of sp³-hybridized carbons (Fsp3) is 0.607. The predicted octanol–water partition coefficient (Wildman–Crippen LogP) is 2.86. The lowest BCUT2D eigenvalue weighted by atomic mass is 9.70. The summed E-state index contributed by atoms with van der Waals surface area (Å²) in [6.07, 6.45) is 4.00. The summed E-state index contributed by atoms with van der Waals surface area (Å²) in [7, 11) is 0. The molecule has 8 nitrogen and oxygen atoms in total. The smallest absolute Gasteiger partial charge is 0.312 e. The monoisotopic (exact) mass is 498 g/mol. The zero-order valence-electron chi connectivity index (χ0n) is 21.5. The molecule has 36 heavy (non-hydrogen) atoms. The van der Waals surface area contributed by atoms with Gasteiger partial charge < -0.3 is 24.4 Å². The van der Waals surface area contributed by atoms with Crippen LogP contribution in [0.4, 0.5) is 0 Å². The highest BCUT2D eigenvalue weighted by atomic mass is 16.6. The molecule has 0 radical (unpaired) electrons. The van der Waals surface area contributed by atoms with E-state index in [2.05, 4.69) is 13.5 Å². The molecule has 1 aromatic carbocycles. The third kappa shape index (κ3) is 4.14. The molecule has 3 aliphatic rings. The van der Waals surface area contributed by atoms with Crippen LogP contribution in [-0.4, -0.2) is 76.2 Å². The van der Waals surface area contributed by atoms with Crippen LogP contribution in [0.25, 0.3) is 0 Å². The summed E-state index contributed by atoms with van der Waals surface area (Å²) in [5.74, 6) is -2.61. The molecule has 4 rings (SSSR count). The van der Waals surface area contributed by atoms with Crippen molar-refractivity contribution in [2.45, 2.75) is 76.3 Å². The van der Waals surface area contributed by atoms with Crippen LogP contribution in [0.15, 0.2) is 43.0 Å². The average molecular weight is 499 g/mol. The number of amides is 2. The molecule has 2 bridgehead atoms. The van der Waals surface area contributed by atoms with Crippen molar-refractivity contribution < 1.29 is 29.0 Å². The SMILES string of the molecule is C=CCN(C(=O)C1N([C@H](CO)c2ccccc2)C(=O)[C@@H]2[C@H](C(=O)OCC)[C@@H]3CCC12O3)C(C)CCC. The molecular formula is C28H38N2O6. The Kier molecular flexibility index (Phi) is 7.85. The summed E-state index contributed by atoms with van der Waals surface area (Å²) in [4.78, 5) is 44.9. The third-order valence-corrected chi connectivity index (χ3v) is 8.07. The van der Waals surface area contributed by atoms with Crippen molar-refractivity contribution in [3.8, 4) is 0 Å². The normalized spacial score (nSPS) is 30.1.